The molecule has 10 nitrogen and oxygen atoms in total. The van der Waals surface area contributed by atoms with Crippen LogP contribution in [-0.4, -0.2) is 23.3 Å². The number of sulfonamides is 1. The van der Waals surface area contributed by atoms with Crippen LogP contribution in [-0.2, 0) is 10.0 Å². The maximum Gasteiger partial charge on any atom is 0.325 e. The summed E-state index contributed by atoms with van der Waals surface area (Å²) < 4.78 is 26.0. The Morgan fingerprint density at radius 3 is 2.29 bits per heavy atom. The molecule has 2 aromatic rings. The van der Waals surface area contributed by atoms with Gasteiger partial charge >= 0.3 is 5.69 Å². The van der Waals surface area contributed by atoms with Gasteiger partial charge in [-0.3, -0.25) is 24.6 Å². The average Bonchev–Trinajstić information content (AvgIpc) is 2.38. The molecule has 0 saturated carbocycles. The molecule has 0 aliphatic carbocycles. The lowest BCUT2D eigenvalue weighted by Gasteiger charge is -2.06. The van der Waals surface area contributed by atoms with Gasteiger partial charge < -0.3 is 4.98 Å². The number of benzene rings is 1. The first-order chi connectivity index (χ1) is 9.79. The number of nitro groups is 1. The van der Waals surface area contributed by atoms with Gasteiger partial charge in [0.05, 0.1) is 4.92 Å². The van der Waals surface area contributed by atoms with Crippen LogP contribution in [0.15, 0.2) is 44.9 Å². The molecule has 0 aliphatic heterocycles. The quantitative estimate of drug-likeness (QED) is 0.523. The van der Waals surface area contributed by atoms with E-state index in [2.05, 4.69) is 4.72 Å². The van der Waals surface area contributed by atoms with Gasteiger partial charge in [0.2, 0.25) is 0 Å². The number of hydrogen-bond acceptors (Lipinski definition) is 6. The van der Waals surface area contributed by atoms with E-state index in [-0.39, 0.29) is 11.4 Å². The summed E-state index contributed by atoms with van der Waals surface area (Å²) in [6, 6.07) is 4.56. The van der Waals surface area contributed by atoms with Gasteiger partial charge in [0.15, 0.2) is 4.90 Å². The molecule has 3 N–H and O–H groups in total. The molecular weight excluding hydrogens is 304 g/mol. The molecule has 0 atom stereocenters. The largest absolute Gasteiger partial charge is 0.325 e. The molecule has 0 unspecified atom stereocenters. The Balaban J connectivity index is 2.35. The molecule has 0 saturated heterocycles. The normalized spacial score (nSPS) is 11.0. The highest BCUT2D eigenvalue weighted by atomic mass is 32.2. The monoisotopic (exact) mass is 312 g/mol. The van der Waals surface area contributed by atoms with Crippen LogP contribution in [0.1, 0.15) is 0 Å². The smallest absolute Gasteiger partial charge is 0.313 e. The molecule has 1 heterocycles. The lowest BCUT2D eigenvalue weighted by atomic mass is 10.3. The molecule has 1 aromatic heterocycles. The molecule has 11 heteroatoms. The number of nitrogens with one attached hydrogen (secondary N) is 3. The fourth-order valence-corrected chi connectivity index (χ4v) is 2.52. The van der Waals surface area contributed by atoms with Gasteiger partial charge in [-0.2, -0.15) is 0 Å². The van der Waals surface area contributed by atoms with Crippen molar-refractivity contribution in [1.82, 2.24) is 9.97 Å². The molecule has 21 heavy (non-hydrogen) atoms. The minimum atomic E-state index is -4.23. The van der Waals surface area contributed by atoms with Crippen LogP contribution in [0.25, 0.3) is 0 Å². The van der Waals surface area contributed by atoms with Crippen LogP contribution in [0.3, 0.4) is 0 Å². The fraction of sp³-hybridized carbons (Fsp3) is 0. The number of anilines is 1. The summed E-state index contributed by atoms with van der Waals surface area (Å²) in [6.07, 6.45) is 0.759. The van der Waals surface area contributed by atoms with Crippen molar-refractivity contribution >= 4 is 21.4 Å². The summed E-state index contributed by atoms with van der Waals surface area (Å²) in [7, 11) is -4.23. The number of non-ortho nitro benzene ring substituents is 1. The molecule has 1 aromatic carbocycles. The number of nitrogens with zero attached hydrogens (tertiary/aromatic N) is 1. The predicted molar refractivity (Wildman–Crippen MR) is 71.6 cm³/mol. The Morgan fingerprint density at radius 1 is 1.14 bits per heavy atom. The van der Waals surface area contributed by atoms with Crippen molar-refractivity contribution in [3.05, 3.63) is 61.4 Å². The second-order valence-electron chi connectivity index (χ2n) is 3.85. The van der Waals surface area contributed by atoms with E-state index in [9.17, 15) is 28.1 Å². The summed E-state index contributed by atoms with van der Waals surface area (Å²) in [6.45, 7) is 0. The Labute approximate surface area is 116 Å². The number of aromatic nitrogens is 2. The van der Waals surface area contributed by atoms with Crippen LogP contribution in [0.5, 0.6) is 0 Å². The second kappa shape index (κ2) is 5.20. The molecule has 0 fully saturated rings. The lowest BCUT2D eigenvalue weighted by Crippen LogP contribution is -2.29. The van der Waals surface area contributed by atoms with Crippen LogP contribution < -0.4 is 16.0 Å². The fourth-order valence-electron chi connectivity index (χ4n) is 1.46. The van der Waals surface area contributed by atoms with Crippen LogP contribution >= 0.6 is 0 Å². The zero-order chi connectivity index (χ0) is 15.6. The molecule has 110 valence electrons. The number of nitro benzene ring substituents is 1. The average molecular weight is 312 g/mol. The topological polar surface area (TPSA) is 155 Å². The van der Waals surface area contributed by atoms with Crippen LogP contribution in [0.2, 0.25) is 0 Å². The molecular formula is C10H8N4O6S. The predicted octanol–water partition coefficient (Wildman–Crippen LogP) is -0.228. The zero-order valence-corrected chi connectivity index (χ0v) is 11.0. The third-order valence-electron chi connectivity index (χ3n) is 2.41. The van der Waals surface area contributed by atoms with E-state index in [1.165, 1.54) is 12.1 Å². The molecule has 0 aliphatic rings. The Morgan fingerprint density at radius 2 is 1.76 bits per heavy atom. The van der Waals surface area contributed by atoms with Crippen molar-refractivity contribution in [2.24, 2.45) is 0 Å². The van der Waals surface area contributed by atoms with Gasteiger partial charge in [0.25, 0.3) is 21.3 Å². The van der Waals surface area contributed by atoms with Crippen molar-refractivity contribution in [2.45, 2.75) is 4.90 Å². The molecule has 0 amide bonds. The third kappa shape index (κ3) is 3.14. The highest BCUT2D eigenvalue weighted by Gasteiger charge is 2.19. The Bertz CT molecular complexity index is 896. The van der Waals surface area contributed by atoms with Gasteiger partial charge in [-0.25, -0.2) is 13.2 Å². The Hall–Kier alpha value is -2.95. The van der Waals surface area contributed by atoms with E-state index >= 15 is 0 Å². The summed E-state index contributed by atoms with van der Waals surface area (Å²) >= 11 is 0. The molecule has 0 radical (unpaired) electrons. The van der Waals surface area contributed by atoms with E-state index in [1.807, 2.05) is 4.98 Å². The SMILES string of the molecule is O=c1[nH]cc(S(=O)(=O)Nc2ccc([N+](=O)[O-])cc2)c(=O)[nH]1. The molecule has 0 spiro atoms. The molecule has 0 bridgehead atoms. The van der Waals surface area contributed by atoms with Gasteiger partial charge in [-0.05, 0) is 12.1 Å². The number of H-pyrrole nitrogens is 2. The Kier molecular flexibility index (Phi) is 3.58. The van der Waals surface area contributed by atoms with Gasteiger partial charge in [-0.1, -0.05) is 0 Å². The minimum Gasteiger partial charge on any atom is -0.313 e. The van der Waals surface area contributed by atoms with E-state index < -0.39 is 31.1 Å². The van der Waals surface area contributed by atoms with Crippen molar-refractivity contribution in [3.8, 4) is 0 Å². The van der Waals surface area contributed by atoms with E-state index in [1.54, 1.807) is 4.98 Å². The summed E-state index contributed by atoms with van der Waals surface area (Å²) in [5, 5.41) is 10.5. The number of hydrogen-bond donors (Lipinski definition) is 3. The van der Waals surface area contributed by atoms with Crippen LogP contribution in [0, 0.1) is 10.1 Å². The summed E-state index contributed by atoms with van der Waals surface area (Å²) in [4.78, 5) is 35.3. The van der Waals surface area contributed by atoms with Crippen molar-refractivity contribution in [1.29, 1.82) is 0 Å². The van der Waals surface area contributed by atoms with Gasteiger partial charge in [0.1, 0.15) is 0 Å². The third-order valence-corrected chi connectivity index (χ3v) is 3.79. The van der Waals surface area contributed by atoms with Gasteiger partial charge in [-0.15, -0.1) is 0 Å². The first-order valence-corrected chi connectivity index (χ1v) is 6.87. The number of rotatable bonds is 4. The van der Waals surface area contributed by atoms with Crippen molar-refractivity contribution in [3.63, 3.8) is 0 Å². The molecule has 2 rings (SSSR count). The van der Waals surface area contributed by atoms with Crippen molar-refractivity contribution < 1.29 is 13.3 Å². The highest BCUT2D eigenvalue weighted by Crippen LogP contribution is 2.17. The standard InChI is InChI=1S/C10H8N4O6S/c15-9-8(5-11-10(16)12-9)21(19,20)13-6-1-3-7(4-2-6)14(17)18/h1-5,13H,(H2,11,12,15,16). The van der Waals surface area contributed by atoms with E-state index in [4.69, 9.17) is 0 Å². The number of aromatic amines is 2. The summed E-state index contributed by atoms with van der Waals surface area (Å²) in [5.74, 6) is 0. The first kappa shape index (κ1) is 14.5. The van der Waals surface area contributed by atoms with E-state index in [0.29, 0.717) is 0 Å². The maximum absolute atomic E-state index is 12.0. The minimum absolute atomic E-state index is 0.0335. The maximum atomic E-state index is 12.0. The lowest BCUT2D eigenvalue weighted by molar-refractivity contribution is -0.384. The van der Waals surface area contributed by atoms with E-state index in [0.717, 1.165) is 18.3 Å². The second-order valence-corrected chi connectivity index (χ2v) is 5.50. The highest BCUT2D eigenvalue weighted by molar-refractivity contribution is 7.92. The van der Waals surface area contributed by atoms with Gasteiger partial charge in [0, 0.05) is 24.0 Å². The van der Waals surface area contributed by atoms with Crippen LogP contribution in [0.4, 0.5) is 11.4 Å². The summed E-state index contributed by atoms with van der Waals surface area (Å²) in [5.41, 5.74) is -2.09. The first-order valence-electron chi connectivity index (χ1n) is 5.39. The zero-order valence-electron chi connectivity index (χ0n) is 10.2. The van der Waals surface area contributed by atoms with Crippen molar-refractivity contribution in [2.75, 3.05) is 4.72 Å².